The molecule has 0 aliphatic rings. The summed E-state index contributed by atoms with van der Waals surface area (Å²) in [5, 5.41) is 0. The molecule has 6 heteroatoms. The fourth-order valence-corrected chi connectivity index (χ4v) is 1.32. The number of halogens is 3. The molecule has 0 amide bonds. The van der Waals surface area contributed by atoms with Gasteiger partial charge in [-0.3, -0.25) is 9.78 Å². The zero-order valence-electron chi connectivity index (χ0n) is 8.76. The molecule has 0 saturated heterocycles. The van der Waals surface area contributed by atoms with E-state index in [2.05, 4.69) is 9.72 Å². The average molecular weight is 233 g/mol. The van der Waals surface area contributed by atoms with Crippen LogP contribution in [0.3, 0.4) is 0 Å². The van der Waals surface area contributed by atoms with Crippen molar-refractivity contribution in [2.75, 3.05) is 7.11 Å². The van der Waals surface area contributed by atoms with E-state index in [0.717, 1.165) is 13.3 Å². The van der Waals surface area contributed by atoms with Gasteiger partial charge in [-0.2, -0.15) is 0 Å². The summed E-state index contributed by atoms with van der Waals surface area (Å²) in [5.41, 5.74) is -0.693. The number of carbonyl (C=O) groups excluding carboxylic acids is 1. The Bertz CT molecular complexity index is 407. The van der Waals surface area contributed by atoms with Crippen LogP contribution in [0.5, 0.6) is 0 Å². The molecule has 0 atom stereocenters. The maximum absolute atomic E-state index is 13.1. The summed E-state index contributed by atoms with van der Waals surface area (Å²) >= 11 is 0. The minimum atomic E-state index is -2.98. The Labute approximate surface area is 90.2 Å². The lowest BCUT2D eigenvalue weighted by atomic mass is 10.0. The molecule has 0 fully saturated rings. The molecule has 3 nitrogen and oxygen atoms in total. The molecule has 0 spiro atoms. The Morgan fingerprint density at radius 1 is 1.56 bits per heavy atom. The zero-order valence-corrected chi connectivity index (χ0v) is 8.76. The van der Waals surface area contributed by atoms with Crippen molar-refractivity contribution in [1.29, 1.82) is 0 Å². The normalized spacial score (nSPS) is 10.6. The molecule has 0 saturated carbocycles. The van der Waals surface area contributed by atoms with Crippen LogP contribution in [0.25, 0.3) is 0 Å². The molecule has 0 aliphatic heterocycles. The molecule has 0 radical (unpaired) electrons. The lowest BCUT2D eigenvalue weighted by Crippen LogP contribution is -2.11. The molecule has 1 rings (SSSR count). The van der Waals surface area contributed by atoms with Crippen molar-refractivity contribution in [1.82, 2.24) is 4.98 Å². The van der Waals surface area contributed by atoms with E-state index in [9.17, 15) is 18.0 Å². The Morgan fingerprint density at radius 3 is 2.69 bits per heavy atom. The molecule has 0 aliphatic carbocycles. The summed E-state index contributed by atoms with van der Waals surface area (Å²) in [6, 6.07) is 0. The lowest BCUT2D eigenvalue weighted by Gasteiger charge is -2.11. The third kappa shape index (κ3) is 2.50. The van der Waals surface area contributed by atoms with Crippen LogP contribution < -0.4 is 0 Å². The maximum Gasteiger partial charge on any atom is 0.310 e. The fourth-order valence-electron chi connectivity index (χ4n) is 1.32. The first-order chi connectivity index (χ1) is 7.47. The number of aromatic nitrogens is 1. The summed E-state index contributed by atoms with van der Waals surface area (Å²) in [7, 11) is 1.13. The topological polar surface area (TPSA) is 39.2 Å². The van der Waals surface area contributed by atoms with Gasteiger partial charge in [0, 0.05) is 5.69 Å². The summed E-state index contributed by atoms with van der Waals surface area (Å²) in [6.07, 6.45) is -2.67. The van der Waals surface area contributed by atoms with Crippen LogP contribution in [0, 0.1) is 12.7 Å². The molecule has 0 bridgehead atoms. The van der Waals surface area contributed by atoms with Crippen molar-refractivity contribution in [3.05, 3.63) is 28.8 Å². The van der Waals surface area contributed by atoms with E-state index in [0.29, 0.717) is 0 Å². The van der Waals surface area contributed by atoms with Gasteiger partial charge in [0.05, 0.1) is 25.3 Å². The number of pyridine rings is 1. The minimum Gasteiger partial charge on any atom is -0.469 e. The van der Waals surface area contributed by atoms with E-state index in [-0.39, 0.29) is 11.3 Å². The number of hydrogen-bond acceptors (Lipinski definition) is 3. The van der Waals surface area contributed by atoms with E-state index in [1.807, 2.05) is 0 Å². The lowest BCUT2D eigenvalue weighted by molar-refractivity contribution is -0.139. The van der Waals surface area contributed by atoms with E-state index in [1.165, 1.54) is 6.92 Å². The smallest absolute Gasteiger partial charge is 0.310 e. The van der Waals surface area contributed by atoms with Gasteiger partial charge in [-0.05, 0) is 12.5 Å². The van der Waals surface area contributed by atoms with Crippen LogP contribution in [0.1, 0.15) is 23.2 Å². The van der Waals surface area contributed by atoms with Gasteiger partial charge in [-0.1, -0.05) is 0 Å². The van der Waals surface area contributed by atoms with E-state index >= 15 is 0 Å². The number of alkyl halides is 2. The highest BCUT2D eigenvalue weighted by atomic mass is 19.3. The third-order valence-corrected chi connectivity index (χ3v) is 2.16. The van der Waals surface area contributed by atoms with E-state index in [1.54, 1.807) is 0 Å². The third-order valence-electron chi connectivity index (χ3n) is 2.16. The largest absolute Gasteiger partial charge is 0.469 e. The van der Waals surface area contributed by atoms with E-state index in [4.69, 9.17) is 0 Å². The number of ether oxygens (including phenoxy) is 1. The second-order valence-electron chi connectivity index (χ2n) is 3.14. The van der Waals surface area contributed by atoms with Crippen molar-refractivity contribution < 1.29 is 22.7 Å². The van der Waals surface area contributed by atoms with Crippen LogP contribution in [-0.2, 0) is 16.0 Å². The van der Waals surface area contributed by atoms with Gasteiger partial charge >= 0.3 is 5.97 Å². The second-order valence-corrected chi connectivity index (χ2v) is 3.14. The first-order valence-electron chi connectivity index (χ1n) is 4.46. The predicted molar refractivity (Wildman–Crippen MR) is 49.6 cm³/mol. The van der Waals surface area contributed by atoms with Crippen LogP contribution >= 0.6 is 0 Å². The molecule has 0 aromatic carbocycles. The molecule has 1 aromatic rings. The van der Waals surface area contributed by atoms with Crippen molar-refractivity contribution in [3.63, 3.8) is 0 Å². The van der Waals surface area contributed by atoms with Gasteiger partial charge in [0.25, 0.3) is 6.43 Å². The van der Waals surface area contributed by atoms with Crippen molar-refractivity contribution in [2.45, 2.75) is 19.8 Å². The van der Waals surface area contributed by atoms with Crippen LogP contribution in [-0.4, -0.2) is 18.1 Å². The molecule has 88 valence electrons. The standard InChI is InChI=1S/C10H10F3NO2/c1-5-6(3-8(15)16-2)9(10(12)13)7(11)4-14-5/h4,10H,3H2,1-2H3. The second kappa shape index (κ2) is 4.96. The molecule has 16 heavy (non-hydrogen) atoms. The van der Waals surface area contributed by atoms with Gasteiger partial charge in [0.15, 0.2) is 5.82 Å². The van der Waals surface area contributed by atoms with Gasteiger partial charge < -0.3 is 4.74 Å². The SMILES string of the molecule is COC(=O)Cc1c(C)ncc(F)c1C(F)F. The average Bonchev–Trinajstić information content (AvgIpc) is 2.22. The molecule has 1 heterocycles. The molecule has 0 unspecified atom stereocenters. The van der Waals surface area contributed by atoms with Crippen molar-refractivity contribution in [2.24, 2.45) is 0 Å². The number of hydrogen-bond donors (Lipinski definition) is 0. The fraction of sp³-hybridized carbons (Fsp3) is 0.400. The quantitative estimate of drug-likeness (QED) is 0.751. The Balaban J connectivity index is 3.23. The number of nitrogens with zero attached hydrogens (tertiary/aromatic N) is 1. The Morgan fingerprint density at radius 2 is 2.19 bits per heavy atom. The first-order valence-corrected chi connectivity index (χ1v) is 4.46. The van der Waals surface area contributed by atoms with Crippen molar-refractivity contribution in [3.8, 4) is 0 Å². The highest BCUT2D eigenvalue weighted by molar-refractivity contribution is 5.73. The Kier molecular flexibility index (Phi) is 3.87. The number of methoxy groups -OCH3 is 1. The van der Waals surface area contributed by atoms with Gasteiger partial charge in [0.1, 0.15) is 0 Å². The first kappa shape index (κ1) is 12.5. The summed E-state index contributed by atoms with van der Waals surface area (Å²) in [6.45, 7) is 1.43. The van der Waals surface area contributed by atoms with Crippen LogP contribution in [0.2, 0.25) is 0 Å². The number of esters is 1. The zero-order chi connectivity index (χ0) is 12.3. The summed E-state index contributed by atoms with van der Waals surface area (Å²) < 4.78 is 42.7. The number of rotatable bonds is 3. The van der Waals surface area contributed by atoms with Crippen LogP contribution in [0.4, 0.5) is 13.2 Å². The molecular formula is C10H10F3NO2. The van der Waals surface area contributed by atoms with Crippen LogP contribution in [0.15, 0.2) is 6.20 Å². The predicted octanol–water partition coefficient (Wildman–Crippen LogP) is 2.18. The molecule has 0 N–H and O–H groups in total. The van der Waals surface area contributed by atoms with Gasteiger partial charge in [0.2, 0.25) is 0 Å². The Hall–Kier alpha value is -1.59. The summed E-state index contributed by atoms with van der Waals surface area (Å²) in [5.74, 6) is -1.82. The van der Waals surface area contributed by atoms with E-state index < -0.39 is 30.2 Å². The van der Waals surface area contributed by atoms with Crippen molar-refractivity contribution >= 4 is 5.97 Å². The molecular weight excluding hydrogens is 223 g/mol. The van der Waals surface area contributed by atoms with Gasteiger partial charge in [-0.15, -0.1) is 0 Å². The highest BCUT2D eigenvalue weighted by Crippen LogP contribution is 2.27. The number of aryl methyl sites for hydroxylation is 1. The molecule has 1 aromatic heterocycles. The highest BCUT2D eigenvalue weighted by Gasteiger charge is 2.22. The minimum absolute atomic E-state index is 0.109. The monoisotopic (exact) mass is 233 g/mol. The van der Waals surface area contributed by atoms with Gasteiger partial charge in [-0.25, -0.2) is 13.2 Å². The maximum atomic E-state index is 13.1. The summed E-state index contributed by atoms with van der Waals surface area (Å²) in [4.78, 5) is 14.6. The number of carbonyl (C=O) groups is 1.